The minimum Gasteiger partial charge on any atom is -0.462 e. The van der Waals surface area contributed by atoms with Gasteiger partial charge in [0.1, 0.15) is 0 Å². The molecule has 0 bridgehead atoms. The van der Waals surface area contributed by atoms with Gasteiger partial charge in [-0.15, -0.1) is 12.4 Å². The molecular weight excluding hydrogens is 320 g/mol. The molecule has 0 heterocycles. The van der Waals surface area contributed by atoms with Crippen LogP contribution in [0.25, 0.3) is 0 Å². The van der Waals surface area contributed by atoms with Crippen molar-refractivity contribution in [3.63, 3.8) is 0 Å². The number of benzene rings is 1. The average molecular weight is 345 g/mol. The predicted octanol–water partition coefficient (Wildman–Crippen LogP) is 3.69. The Balaban J connectivity index is 0.00000484. The van der Waals surface area contributed by atoms with Crippen LogP contribution in [0, 0.1) is 10.1 Å². The molecule has 1 rings (SSSR count). The van der Waals surface area contributed by atoms with E-state index in [2.05, 4.69) is 18.7 Å². The van der Waals surface area contributed by atoms with Gasteiger partial charge in [0.05, 0.1) is 17.1 Å². The van der Waals surface area contributed by atoms with E-state index < -0.39 is 10.9 Å². The van der Waals surface area contributed by atoms with Crippen molar-refractivity contribution in [3.05, 3.63) is 39.9 Å². The normalized spacial score (nSPS) is 10.2. The van der Waals surface area contributed by atoms with E-state index in [0.717, 1.165) is 38.9 Å². The molecule has 0 unspecified atom stereocenters. The van der Waals surface area contributed by atoms with E-state index >= 15 is 0 Å². The standard InChI is InChI=1S/C16H24N2O4.ClH/c1-3-10-17(11-4-2)12-5-13-22-16(19)14-6-8-15(9-7-14)18(20)21;/h6-9H,3-5,10-13H2,1-2H3;1H. The molecule has 0 saturated carbocycles. The molecule has 0 amide bonds. The van der Waals surface area contributed by atoms with Gasteiger partial charge in [0, 0.05) is 18.7 Å². The molecule has 0 radical (unpaired) electrons. The van der Waals surface area contributed by atoms with Crippen LogP contribution in [-0.2, 0) is 4.74 Å². The Morgan fingerprint density at radius 3 is 2.17 bits per heavy atom. The Bertz CT molecular complexity index is 473. The summed E-state index contributed by atoms with van der Waals surface area (Å²) in [5, 5.41) is 10.5. The number of carbonyl (C=O) groups excluding carboxylic acids is 1. The third-order valence-electron chi connectivity index (χ3n) is 3.25. The Kier molecular flexibility index (Phi) is 11.0. The first-order chi connectivity index (χ1) is 10.6. The van der Waals surface area contributed by atoms with Gasteiger partial charge in [0.2, 0.25) is 0 Å². The second kappa shape index (κ2) is 11.8. The minimum atomic E-state index is -0.495. The van der Waals surface area contributed by atoms with Gasteiger partial charge in [-0.3, -0.25) is 10.1 Å². The van der Waals surface area contributed by atoms with E-state index in [9.17, 15) is 14.9 Å². The van der Waals surface area contributed by atoms with Crippen LogP contribution in [0.3, 0.4) is 0 Å². The Hall–Kier alpha value is -1.66. The molecular formula is C16H25ClN2O4. The maximum Gasteiger partial charge on any atom is 0.338 e. The lowest BCUT2D eigenvalue weighted by atomic mass is 10.2. The largest absolute Gasteiger partial charge is 0.462 e. The molecule has 0 aliphatic heterocycles. The quantitative estimate of drug-likeness (QED) is 0.280. The minimum absolute atomic E-state index is 0. The van der Waals surface area contributed by atoms with Gasteiger partial charge >= 0.3 is 5.97 Å². The molecule has 0 fully saturated rings. The van der Waals surface area contributed by atoms with Crippen LogP contribution in [0.2, 0.25) is 0 Å². The second-order valence-electron chi connectivity index (χ2n) is 5.14. The number of esters is 1. The fourth-order valence-corrected chi connectivity index (χ4v) is 2.22. The van der Waals surface area contributed by atoms with Gasteiger partial charge in [-0.1, -0.05) is 13.8 Å². The fraction of sp³-hybridized carbons (Fsp3) is 0.562. The van der Waals surface area contributed by atoms with E-state index in [-0.39, 0.29) is 18.1 Å². The molecule has 6 nitrogen and oxygen atoms in total. The van der Waals surface area contributed by atoms with Gasteiger partial charge in [0.25, 0.3) is 5.69 Å². The van der Waals surface area contributed by atoms with Gasteiger partial charge < -0.3 is 9.64 Å². The summed E-state index contributed by atoms with van der Waals surface area (Å²) in [6, 6.07) is 5.45. The lowest BCUT2D eigenvalue weighted by molar-refractivity contribution is -0.384. The van der Waals surface area contributed by atoms with Crippen LogP contribution in [0.5, 0.6) is 0 Å². The number of halogens is 1. The number of nitro benzene ring substituents is 1. The van der Waals surface area contributed by atoms with Crippen molar-refractivity contribution in [1.82, 2.24) is 4.90 Å². The number of non-ortho nitro benzene ring substituents is 1. The summed E-state index contributed by atoms with van der Waals surface area (Å²) in [7, 11) is 0. The number of nitro groups is 1. The van der Waals surface area contributed by atoms with Crippen molar-refractivity contribution in [2.75, 3.05) is 26.2 Å². The van der Waals surface area contributed by atoms with E-state index in [0.29, 0.717) is 12.2 Å². The van der Waals surface area contributed by atoms with Gasteiger partial charge in [0.15, 0.2) is 0 Å². The van der Waals surface area contributed by atoms with Crippen LogP contribution in [0.15, 0.2) is 24.3 Å². The van der Waals surface area contributed by atoms with Crippen LogP contribution >= 0.6 is 12.4 Å². The molecule has 1 aromatic carbocycles. The number of hydrogen-bond donors (Lipinski definition) is 0. The van der Waals surface area contributed by atoms with E-state index in [1.807, 2.05) is 0 Å². The number of hydrogen-bond acceptors (Lipinski definition) is 5. The first-order valence-electron chi connectivity index (χ1n) is 7.72. The van der Waals surface area contributed by atoms with E-state index in [4.69, 9.17) is 4.74 Å². The molecule has 23 heavy (non-hydrogen) atoms. The molecule has 130 valence electrons. The van der Waals surface area contributed by atoms with Crippen molar-refractivity contribution >= 4 is 24.1 Å². The third kappa shape index (κ3) is 7.95. The van der Waals surface area contributed by atoms with Crippen LogP contribution in [0.1, 0.15) is 43.5 Å². The number of nitrogens with zero attached hydrogens (tertiary/aromatic N) is 2. The van der Waals surface area contributed by atoms with Gasteiger partial charge in [-0.05, 0) is 44.5 Å². The predicted molar refractivity (Wildman–Crippen MR) is 92.3 cm³/mol. The molecule has 0 saturated heterocycles. The molecule has 1 aromatic rings. The van der Waals surface area contributed by atoms with Crippen molar-refractivity contribution < 1.29 is 14.5 Å². The zero-order valence-electron chi connectivity index (χ0n) is 13.7. The first-order valence-corrected chi connectivity index (χ1v) is 7.72. The number of ether oxygens (including phenoxy) is 1. The summed E-state index contributed by atoms with van der Waals surface area (Å²) >= 11 is 0. The van der Waals surface area contributed by atoms with Crippen molar-refractivity contribution in [2.45, 2.75) is 33.1 Å². The molecule has 0 spiro atoms. The van der Waals surface area contributed by atoms with Crippen molar-refractivity contribution in [2.24, 2.45) is 0 Å². The highest BCUT2D eigenvalue weighted by Gasteiger charge is 2.10. The van der Waals surface area contributed by atoms with Crippen molar-refractivity contribution in [1.29, 1.82) is 0 Å². The third-order valence-corrected chi connectivity index (χ3v) is 3.25. The Morgan fingerprint density at radius 2 is 1.70 bits per heavy atom. The highest BCUT2D eigenvalue weighted by atomic mass is 35.5. The SMILES string of the molecule is CCCN(CCC)CCCOC(=O)c1ccc([N+](=O)[O-])cc1.Cl. The summed E-state index contributed by atoms with van der Waals surface area (Å²) in [5.41, 5.74) is 0.302. The average Bonchev–Trinajstić information content (AvgIpc) is 2.51. The highest BCUT2D eigenvalue weighted by molar-refractivity contribution is 5.89. The molecule has 0 N–H and O–H groups in total. The number of carbonyl (C=O) groups is 1. The zero-order chi connectivity index (χ0) is 16.4. The maximum atomic E-state index is 11.8. The molecule has 7 heteroatoms. The fourth-order valence-electron chi connectivity index (χ4n) is 2.22. The summed E-state index contributed by atoms with van der Waals surface area (Å²) in [6.45, 7) is 7.69. The lowest BCUT2D eigenvalue weighted by Crippen LogP contribution is -2.27. The van der Waals surface area contributed by atoms with Crippen LogP contribution < -0.4 is 0 Å². The van der Waals surface area contributed by atoms with Crippen LogP contribution in [-0.4, -0.2) is 42.0 Å². The Morgan fingerprint density at radius 1 is 1.13 bits per heavy atom. The molecule has 0 atom stereocenters. The maximum absolute atomic E-state index is 11.8. The number of rotatable bonds is 10. The summed E-state index contributed by atoms with van der Waals surface area (Å²) in [5.74, 6) is -0.438. The van der Waals surface area contributed by atoms with E-state index in [1.54, 1.807) is 0 Å². The summed E-state index contributed by atoms with van der Waals surface area (Å²) in [6.07, 6.45) is 3.02. The highest BCUT2D eigenvalue weighted by Crippen LogP contribution is 2.12. The Labute approximate surface area is 143 Å². The lowest BCUT2D eigenvalue weighted by Gasteiger charge is -2.20. The topological polar surface area (TPSA) is 72.7 Å². The molecule has 0 aliphatic rings. The van der Waals surface area contributed by atoms with Crippen LogP contribution in [0.4, 0.5) is 5.69 Å². The molecule has 0 aliphatic carbocycles. The van der Waals surface area contributed by atoms with Crippen molar-refractivity contribution in [3.8, 4) is 0 Å². The first kappa shape index (κ1) is 21.3. The summed E-state index contributed by atoms with van der Waals surface area (Å²) < 4.78 is 5.20. The molecule has 0 aromatic heterocycles. The van der Waals surface area contributed by atoms with E-state index in [1.165, 1.54) is 24.3 Å². The zero-order valence-corrected chi connectivity index (χ0v) is 14.5. The van der Waals surface area contributed by atoms with Gasteiger partial charge in [-0.2, -0.15) is 0 Å². The second-order valence-corrected chi connectivity index (χ2v) is 5.14. The van der Waals surface area contributed by atoms with Gasteiger partial charge in [-0.25, -0.2) is 4.79 Å². The summed E-state index contributed by atoms with van der Waals surface area (Å²) in [4.78, 5) is 24.2. The smallest absolute Gasteiger partial charge is 0.338 e. The monoisotopic (exact) mass is 344 g/mol.